The number of hydrogen-bond donors (Lipinski definition) is 0. The van der Waals surface area contributed by atoms with Crippen LogP contribution in [0.4, 0.5) is 4.39 Å². The minimum absolute atomic E-state index is 0.0158. The first-order chi connectivity index (χ1) is 10.6. The molecule has 0 amide bonds. The van der Waals surface area contributed by atoms with Crippen LogP contribution in [0.2, 0.25) is 0 Å². The molecule has 0 N–H and O–H groups in total. The van der Waals surface area contributed by atoms with Crippen molar-refractivity contribution in [2.24, 2.45) is 0 Å². The Hall–Kier alpha value is -2.33. The van der Waals surface area contributed by atoms with Crippen molar-refractivity contribution in [3.05, 3.63) is 45.8 Å². The van der Waals surface area contributed by atoms with Crippen molar-refractivity contribution in [1.29, 1.82) is 5.26 Å². The van der Waals surface area contributed by atoms with Crippen LogP contribution in [0.1, 0.15) is 17.2 Å². The fraction of sp³-hybridized carbons (Fsp3) is 0.200. The molecule has 1 aliphatic heterocycles. The van der Waals surface area contributed by atoms with Crippen molar-refractivity contribution in [3.8, 4) is 23.4 Å². The molecule has 112 valence electrons. The number of methoxy groups -OCH3 is 1. The van der Waals surface area contributed by atoms with E-state index in [-0.39, 0.29) is 23.7 Å². The molecule has 0 saturated heterocycles. The van der Waals surface area contributed by atoms with Crippen molar-refractivity contribution >= 4 is 15.9 Å². The van der Waals surface area contributed by atoms with Gasteiger partial charge in [0.1, 0.15) is 12.7 Å². The third-order valence-electron chi connectivity index (χ3n) is 3.23. The lowest BCUT2D eigenvalue weighted by Gasteiger charge is -2.27. The number of hydrogen-bond acceptors (Lipinski definition) is 5. The van der Waals surface area contributed by atoms with Crippen molar-refractivity contribution in [1.82, 2.24) is 4.98 Å². The highest BCUT2D eigenvalue weighted by Gasteiger charge is 2.29. The molecule has 5 nitrogen and oxygen atoms in total. The smallest absolute Gasteiger partial charge is 0.212 e. The maximum Gasteiger partial charge on any atom is 0.212 e. The summed E-state index contributed by atoms with van der Waals surface area (Å²) in [5, 5.41) is 8.96. The van der Waals surface area contributed by atoms with Gasteiger partial charge in [0.05, 0.1) is 17.1 Å². The molecule has 0 fully saturated rings. The third-order valence-corrected chi connectivity index (χ3v) is 4.02. The molecule has 2 aromatic rings. The van der Waals surface area contributed by atoms with Crippen LogP contribution in [-0.4, -0.2) is 18.7 Å². The lowest BCUT2D eigenvalue weighted by atomic mass is 10.1. The van der Waals surface area contributed by atoms with Crippen molar-refractivity contribution in [2.75, 3.05) is 13.7 Å². The number of fused-ring (bicyclic) bond motifs is 1. The second-order valence-electron chi connectivity index (χ2n) is 4.54. The molecule has 22 heavy (non-hydrogen) atoms. The molecule has 0 saturated carbocycles. The second kappa shape index (κ2) is 5.81. The summed E-state index contributed by atoms with van der Waals surface area (Å²) < 4.78 is 30.7. The van der Waals surface area contributed by atoms with Gasteiger partial charge in [-0.3, -0.25) is 0 Å². The van der Waals surface area contributed by atoms with Crippen LogP contribution in [0.25, 0.3) is 0 Å². The van der Waals surface area contributed by atoms with Gasteiger partial charge in [0, 0.05) is 17.8 Å². The van der Waals surface area contributed by atoms with Crippen LogP contribution in [0.15, 0.2) is 28.9 Å². The number of nitriles is 1. The SMILES string of the molecule is COc1ccc(C2COc3c(Br)c(C#N)cc(F)c3O2)cn1. The highest BCUT2D eigenvalue weighted by molar-refractivity contribution is 9.10. The van der Waals surface area contributed by atoms with Gasteiger partial charge in [-0.2, -0.15) is 5.26 Å². The Morgan fingerprint density at radius 3 is 2.91 bits per heavy atom. The maximum absolute atomic E-state index is 14.1. The Morgan fingerprint density at radius 2 is 2.27 bits per heavy atom. The van der Waals surface area contributed by atoms with Gasteiger partial charge in [0.2, 0.25) is 5.88 Å². The number of aromatic nitrogens is 1. The van der Waals surface area contributed by atoms with E-state index in [4.69, 9.17) is 19.5 Å². The fourth-order valence-electron chi connectivity index (χ4n) is 2.11. The quantitative estimate of drug-likeness (QED) is 0.817. The Labute approximate surface area is 134 Å². The summed E-state index contributed by atoms with van der Waals surface area (Å²) in [6.45, 7) is 0.188. The van der Waals surface area contributed by atoms with E-state index >= 15 is 0 Å². The highest BCUT2D eigenvalue weighted by atomic mass is 79.9. The van der Waals surface area contributed by atoms with Crippen LogP contribution < -0.4 is 14.2 Å². The van der Waals surface area contributed by atoms with E-state index in [0.717, 1.165) is 11.6 Å². The summed E-state index contributed by atoms with van der Waals surface area (Å²) in [7, 11) is 1.53. The Morgan fingerprint density at radius 1 is 1.45 bits per heavy atom. The van der Waals surface area contributed by atoms with E-state index < -0.39 is 11.9 Å². The molecule has 2 heterocycles. The van der Waals surface area contributed by atoms with Crippen LogP contribution in [0, 0.1) is 17.1 Å². The van der Waals surface area contributed by atoms with Gasteiger partial charge >= 0.3 is 0 Å². The van der Waals surface area contributed by atoms with Gasteiger partial charge in [-0.25, -0.2) is 9.37 Å². The molecule has 1 aromatic carbocycles. The second-order valence-corrected chi connectivity index (χ2v) is 5.33. The molecule has 0 spiro atoms. The van der Waals surface area contributed by atoms with Gasteiger partial charge in [-0.15, -0.1) is 0 Å². The predicted molar refractivity (Wildman–Crippen MR) is 78.5 cm³/mol. The van der Waals surface area contributed by atoms with E-state index in [1.807, 2.05) is 6.07 Å². The van der Waals surface area contributed by atoms with Gasteiger partial charge in [-0.05, 0) is 28.1 Å². The van der Waals surface area contributed by atoms with Gasteiger partial charge < -0.3 is 14.2 Å². The van der Waals surface area contributed by atoms with Crippen LogP contribution in [0.3, 0.4) is 0 Å². The number of halogens is 2. The maximum atomic E-state index is 14.1. The summed E-state index contributed by atoms with van der Waals surface area (Å²) >= 11 is 3.23. The molecular formula is C15H10BrFN2O3. The standard InChI is InChI=1S/C15H10BrFN2O3/c1-20-12-3-2-8(6-19-12)11-7-21-15-13(16)9(5-18)4-10(17)14(15)22-11/h2-4,6,11H,7H2,1H3. The van der Waals surface area contributed by atoms with Gasteiger partial charge in [0.25, 0.3) is 0 Å². The van der Waals surface area contributed by atoms with Crippen molar-refractivity contribution in [2.45, 2.75) is 6.10 Å². The molecule has 7 heteroatoms. The Kier molecular flexibility index (Phi) is 3.86. The summed E-state index contributed by atoms with van der Waals surface area (Å²) in [4.78, 5) is 4.09. The number of benzene rings is 1. The lowest BCUT2D eigenvalue weighted by Crippen LogP contribution is -2.23. The third kappa shape index (κ3) is 2.46. The molecule has 1 atom stereocenters. The number of nitrogens with zero attached hydrogens (tertiary/aromatic N) is 2. The molecule has 3 rings (SSSR count). The first-order valence-electron chi connectivity index (χ1n) is 6.35. The molecule has 1 aliphatic rings. The monoisotopic (exact) mass is 364 g/mol. The first-order valence-corrected chi connectivity index (χ1v) is 7.15. The summed E-state index contributed by atoms with van der Waals surface area (Å²) in [5.41, 5.74) is 0.899. The van der Waals surface area contributed by atoms with E-state index in [9.17, 15) is 4.39 Å². The van der Waals surface area contributed by atoms with Crippen molar-refractivity contribution in [3.63, 3.8) is 0 Å². The normalized spacial score (nSPS) is 16.0. The summed E-state index contributed by atoms with van der Waals surface area (Å²) in [6, 6.07) is 6.48. The number of ether oxygens (including phenoxy) is 3. The van der Waals surface area contributed by atoms with Crippen LogP contribution in [0.5, 0.6) is 17.4 Å². The molecule has 0 radical (unpaired) electrons. The Bertz CT molecular complexity index is 759. The zero-order chi connectivity index (χ0) is 15.7. The first kappa shape index (κ1) is 14.6. The average Bonchev–Trinajstić information content (AvgIpc) is 2.57. The largest absolute Gasteiger partial charge is 0.484 e. The summed E-state index contributed by atoms with van der Waals surface area (Å²) in [6.07, 6.45) is 1.11. The highest BCUT2D eigenvalue weighted by Crippen LogP contribution is 2.44. The van der Waals surface area contributed by atoms with Crippen LogP contribution in [-0.2, 0) is 0 Å². The van der Waals surface area contributed by atoms with Gasteiger partial charge in [0.15, 0.2) is 23.4 Å². The molecular weight excluding hydrogens is 355 g/mol. The van der Waals surface area contributed by atoms with E-state index in [0.29, 0.717) is 10.4 Å². The van der Waals surface area contributed by atoms with Gasteiger partial charge in [-0.1, -0.05) is 0 Å². The minimum Gasteiger partial charge on any atom is -0.484 e. The zero-order valence-corrected chi connectivity index (χ0v) is 13.1. The van der Waals surface area contributed by atoms with E-state index in [1.54, 1.807) is 18.3 Å². The molecule has 1 aromatic heterocycles. The zero-order valence-electron chi connectivity index (χ0n) is 11.5. The van der Waals surface area contributed by atoms with Crippen molar-refractivity contribution < 1.29 is 18.6 Å². The Balaban J connectivity index is 1.93. The minimum atomic E-state index is -0.638. The van der Waals surface area contributed by atoms with E-state index in [2.05, 4.69) is 20.9 Å². The number of rotatable bonds is 2. The lowest BCUT2D eigenvalue weighted by molar-refractivity contribution is 0.0846. The van der Waals surface area contributed by atoms with E-state index in [1.165, 1.54) is 7.11 Å². The van der Waals surface area contributed by atoms with Crippen LogP contribution >= 0.6 is 15.9 Å². The number of pyridine rings is 1. The fourth-order valence-corrected chi connectivity index (χ4v) is 2.61. The topological polar surface area (TPSA) is 64.4 Å². The molecule has 1 unspecified atom stereocenters. The summed E-state index contributed by atoms with van der Waals surface area (Å²) in [5.74, 6) is 0.0293. The predicted octanol–water partition coefficient (Wildman–Crippen LogP) is 3.38. The molecule has 0 aliphatic carbocycles. The molecule has 0 bridgehead atoms. The average molecular weight is 365 g/mol.